The van der Waals surface area contributed by atoms with Gasteiger partial charge in [0, 0.05) is 6.54 Å². The van der Waals surface area contributed by atoms with Crippen LogP contribution >= 0.6 is 0 Å². The maximum atomic E-state index is 11.3. The predicted molar refractivity (Wildman–Crippen MR) is 60.5 cm³/mol. The molecule has 0 aliphatic heterocycles. The molecule has 4 N–H and O–H groups in total. The van der Waals surface area contributed by atoms with Crippen molar-refractivity contribution in [2.24, 2.45) is 0 Å². The summed E-state index contributed by atoms with van der Waals surface area (Å²) in [5, 5.41) is 22.5. The van der Waals surface area contributed by atoms with Crippen molar-refractivity contribution < 1.29 is 24.5 Å². The second-order valence-electron chi connectivity index (χ2n) is 4.62. The SMILES string of the molecule is C[C@@H](O)NCC(NC(=O)OC(C)(C)C)C(=O)O. The summed E-state index contributed by atoms with van der Waals surface area (Å²) in [6, 6.07) is -1.15. The van der Waals surface area contributed by atoms with Crippen LogP contribution in [-0.2, 0) is 9.53 Å². The Morgan fingerprint density at radius 3 is 2.24 bits per heavy atom. The largest absolute Gasteiger partial charge is 0.480 e. The number of rotatable bonds is 5. The van der Waals surface area contributed by atoms with E-state index in [0.717, 1.165) is 0 Å². The van der Waals surface area contributed by atoms with Crippen LogP contribution < -0.4 is 10.6 Å². The number of amides is 1. The summed E-state index contributed by atoms with van der Waals surface area (Å²) < 4.78 is 4.92. The number of hydrogen-bond donors (Lipinski definition) is 4. The standard InChI is InChI=1S/C10H20N2O5/c1-6(13)11-5-7(8(14)15)12-9(16)17-10(2,3)4/h6-7,11,13H,5H2,1-4H3,(H,12,16)(H,14,15)/t6-,7?/m1/s1. The number of hydrogen-bond acceptors (Lipinski definition) is 5. The van der Waals surface area contributed by atoms with Gasteiger partial charge in [0.25, 0.3) is 0 Å². The van der Waals surface area contributed by atoms with Crippen LogP contribution in [0.5, 0.6) is 0 Å². The highest BCUT2D eigenvalue weighted by Gasteiger charge is 2.23. The Morgan fingerprint density at radius 1 is 1.35 bits per heavy atom. The van der Waals surface area contributed by atoms with Crippen molar-refractivity contribution in [2.45, 2.75) is 45.6 Å². The summed E-state index contributed by atoms with van der Waals surface area (Å²) in [6.07, 6.45) is -1.66. The molecule has 0 aliphatic carbocycles. The molecule has 0 heterocycles. The molecule has 0 rings (SSSR count). The van der Waals surface area contributed by atoms with Gasteiger partial charge in [-0.05, 0) is 27.7 Å². The fraction of sp³-hybridized carbons (Fsp3) is 0.800. The van der Waals surface area contributed by atoms with Crippen molar-refractivity contribution >= 4 is 12.1 Å². The van der Waals surface area contributed by atoms with Crippen molar-refractivity contribution in [3.63, 3.8) is 0 Å². The Balaban J connectivity index is 4.26. The second kappa shape index (κ2) is 6.41. The number of ether oxygens (including phenoxy) is 1. The van der Waals surface area contributed by atoms with Gasteiger partial charge in [-0.25, -0.2) is 9.59 Å². The first-order chi connectivity index (χ1) is 7.61. The van der Waals surface area contributed by atoms with Gasteiger partial charge in [0.2, 0.25) is 0 Å². The zero-order valence-electron chi connectivity index (χ0n) is 10.5. The number of carboxylic acid groups (broad SMARTS) is 1. The molecule has 0 fully saturated rings. The highest BCUT2D eigenvalue weighted by Crippen LogP contribution is 2.06. The molecular weight excluding hydrogens is 228 g/mol. The van der Waals surface area contributed by atoms with E-state index >= 15 is 0 Å². The van der Waals surface area contributed by atoms with E-state index in [4.69, 9.17) is 14.9 Å². The van der Waals surface area contributed by atoms with Crippen molar-refractivity contribution in [2.75, 3.05) is 6.54 Å². The minimum atomic E-state index is -1.20. The third-order valence-electron chi connectivity index (χ3n) is 1.61. The maximum absolute atomic E-state index is 11.3. The molecule has 17 heavy (non-hydrogen) atoms. The van der Waals surface area contributed by atoms with Crippen LogP contribution in [0.15, 0.2) is 0 Å². The normalized spacial score (nSPS) is 14.9. The molecule has 0 radical (unpaired) electrons. The number of carbonyl (C=O) groups is 2. The van der Waals surface area contributed by atoms with Crippen molar-refractivity contribution in [3.05, 3.63) is 0 Å². The zero-order chi connectivity index (χ0) is 13.6. The first kappa shape index (κ1) is 15.7. The van der Waals surface area contributed by atoms with Crippen LogP contribution in [-0.4, -0.2) is 46.7 Å². The van der Waals surface area contributed by atoms with Gasteiger partial charge in [-0.3, -0.25) is 5.32 Å². The number of alkyl carbamates (subject to hydrolysis) is 1. The van der Waals surface area contributed by atoms with Crippen LogP contribution in [0.4, 0.5) is 4.79 Å². The van der Waals surface area contributed by atoms with E-state index in [1.54, 1.807) is 20.8 Å². The van der Waals surface area contributed by atoms with Crippen LogP contribution in [0.3, 0.4) is 0 Å². The molecule has 0 aromatic heterocycles. The number of carbonyl (C=O) groups excluding carboxylic acids is 1. The quantitative estimate of drug-likeness (QED) is 0.506. The van der Waals surface area contributed by atoms with E-state index in [-0.39, 0.29) is 6.54 Å². The number of nitrogens with one attached hydrogen (secondary N) is 2. The highest BCUT2D eigenvalue weighted by molar-refractivity contribution is 5.80. The Labute approximate surface area is 100 Å². The summed E-state index contributed by atoms with van der Waals surface area (Å²) >= 11 is 0. The zero-order valence-corrected chi connectivity index (χ0v) is 10.5. The maximum Gasteiger partial charge on any atom is 0.408 e. The molecule has 7 heteroatoms. The molecular formula is C10H20N2O5. The third kappa shape index (κ3) is 8.47. The summed E-state index contributed by atoms with van der Waals surface area (Å²) in [7, 11) is 0. The molecule has 100 valence electrons. The van der Waals surface area contributed by atoms with Gasteiger partial charge < -0.3 is 20.3 Å². The van der Waals surface area contributed by atoms with E-state index in [2.05, 4.69) is 10.6 Å². The van der Waals surface area contributed by atoms with Crippen molar-refractivity contribution in [3.8, 4) is 0 Å². The fourth-order valence-electron chi connectivity index (χ4n) is 0.938. The van der Waals surface area contributed by atoms with E-state index < -0.39 is 29.9 Å². The van der Waals surface area contributed by atoms with Crippen molar-refractivity contribution in [1.29, 1.82) is 0 Å². The average molecular weight is 248 g/mol. The van der Waals surface area contributed by atoms with Crippen molar-refractivity contribution in [1.82, 2.24) is 10.6 Å². The second-order valence-corrected chi connectivity index (χ2v) is 4.62. The minimum Gasteiger partial charge on any atom is -0.480 e. The Morgan fingerprint density at radius 2 is 1.88 bits per heavy atom. The van der Waals surface area contributed by atoms with Gasteiger partial charge in [-0.2, -0.15) is 0 Å². The molecule has 0 aromatic rings. The molecule has 2 atom stereocenters. The third-order valence-corrected chi connectivity index (χ3v) is 1.61. The lowest BCUT2D eigenvalue weighted by atomic mass is 10.2. The van der Waals surface area contributed by atoms with Gasteiger partial charge >= 0.3 is 12.1 Å². The van der Waals surface area contributed by atoms with Gasteiger partial charge in [-0.1, -0.05) is 0 Å². The van der Waals surface area contributed by atoms with Crippen LogP contribution in [0.2, 0.25) is 0 Å². The molecule has 0 aromatic carbocycles. The molecule has 0 bridgehead atoms. The summed E-state index contributed by atoms with van der Waals surface area (Å²) in [4.78, 5) is 22.2. The Bertz CT molecular complexity index is 272. The number of aliphatic carboxylic acids is 1. The molecule has 0 spiro atoms. The average Bonchev–Trinajstić information content (AvgIpc) is 2.08. The number of aliphatic hydroxyl groups excluding tert-OH is 1. The lowest BCUT2D eigenvalue weighted by Crippen LogP contribution is -2.50. The van der Waals surface area contributed by atoms with Gasteiger partial charge in [-0.15, -0.1) is 0 Å². The van der Waals surface area contributed by atoms with Crippen LogP contribution in [0, 0.1) is 0 Å². The van der Waals surface area contributed by atoms with E-state index in [1.165, 1.54) is 6.92 Å². The summed E-state index contributed by atoms with van der Waals surface area (Å²) in [5.74, 6) is -1.20. The van der Waals surface area contributed by atoms with Crippen LogP contribution in [0.1, 0.15) is 27.7 Å². The molecule has 0 saturated heterocycles. The van der Waals surface area contributed by atoms with Gasteiger partial charge in [0.15, 0.2) is 0 Å². The highest BCUT2D eigenvalue weighted by atomic mass is 16.6. The number of carboxylic acids is 1. The van der Waals surface area contributed by atoms with Gasteiger partial charge in [0.1, 0.15) is 17.9 Å². The lowest BCUT2D eigenvalue weighted by Gasteiger charge is -2.22. The summed E-state index contributed by atoms with van der Waals surface area (Å²) in [5.41, 5.74) is -0.690. The molecule has 1 amide bonds. The summed E-state index contributed by atoms with van der Waals surface area (Å²) in [6.45, 7) is 6.39. The lowest BCUT2D eigenvalue weighted by molar-refractivity contribution is -0.139. The van der Waals surface area contributed by atoms with E-state index in [0.29, 0.717) is 0 Å². The number of aliphatic hydroxyl groups is 1. The van der Waals surface area contributed by atoms with E-state index in [1.807, 2.05) is 0 Å². The molecule has 1 unspecified atom stereocenters. The first-order valence-corrected chi connectivity index (χ1v) is 5.25. The minimum absolute atomic E-state index is 0.0910. The van der Waals surface area contributed by atoms with E-state index in [9.17, 15) is 9.59 Å². The first-order valence-electron chi connectivity index (χ1n) is 5.25. The van der Waals surface area contributed by atoms with Crippen LogP contribution in [0.25, 0.3) is 0 Å². The molecule has 0 aliphatic rings. The predicted octanol–water partition coefficient (Wildman–Crippen LogP) is -0.108. The Hall–Kier alpha value is -1.34. The molecule has 7 nitrogen and oxygen atoms in total. The monoisotopic (exact) mass is 248 g/mol. The fourth-order valence-corrected chi connectivity index (χ4v) is 0.938. The van der Waals surface area contributed by atoms with Gasteiger partial charge in [0.05, 0.1) is 0 Å². The Kier molecular flexibility index (Phi) is 5.90. The molecule has 0 saturated carbocycles. The smallest absolute Gasteiger partial charge is 0.408 e. The topological polar surface area (TPSA) is 108 Å².